The Bertz CT molecular complexity index is 1160. The van der Waals surface area contributed by atoms with Crippen LogP contribution >= 0.6 is 0 Å². The van der Waals surface area contributed by atoms with Crippen LogP contribution in [0.3, 0.4) is 0 Å². The summed E-state index contributed by atoms with van der Waals surface area (Å²) < 4.78 is 2.11. The number of fused-ring (bicyclic) bond motifs is 1. The molecule has 0 saturated carbocycles. The second-order valence-corrected chi connectivity index (χ2v) is 6.97. The van der Waals surface area contributed by atoms with Crippen LogP contribution in [0.5, 0.6) is 0 Å². The Hall–Kier alpha value is -3.86. The molecule has 0 atom stereocenters. The van der Waals surface area contributed by atoms with Crippen molar-refractivity contribution in [1.82, 2.24) is 9.88 Å². The van der Waals surface area contributed by atoms with E-state index in [-0.39, 0.29) is 11.7 Å². The van der Waals surface area contributed by atoms with Crippen molar-refractivity contribution in [3.63, 3.8) is 0 Å². The number of amidine groups is 1. The molecule has 29 heavy (non-hydrogen) atoms. The highest BCUT2D eigenvalue weighted by Crippen LogP contribution is 2.22. The summed E-state index contributed by atoms with van der Waals surface area (Å²) in [5, 5.41) is 11.4. The third kappa shape index (κ3) is 4.04. The zero-order valence-corrected chi connectivity index (χ0v) is 15.9. The number of nitrogens with zero attached hydrogens (tertiary/aromatic N) is 1. The zero-order chi connectivity index (χ0) is 20.2. The van der Waals surface area contributed by atoms with Gasteiger partial charge in [0.25, 0.3) is 5.91 Å². The van der Waals surface area contributed by atoms with Crippen LogP contribution < -0.4 is 11.1 Å². The molecule has 4 rings (SSSR count). The van der Waals surface area contributed by atoms with Crippen molar-refractivity contribution in [2.45, 2.75) is 13.1 Å². The van der Waals surface area contributed by atoms with E-state index in [2.05, 4.69) is 22.0 Å². The number of nitrogens with two attached hydrogens (primary N) is 1. The van der Waals surface area contributed by atoms with E-state index in [0.29, 0.717) is 24.2 Å². The molecular formula is C24H22N4O. The summed E-state index contributed by atoms with van der Waals surface area (Å²) in [7, 11) is 0. The first-order valence-electron chi connectivity index (χ1n) is 9.45. The fraction of sp³-hybridized carbons (Fsp3) is 0.0833. The summed E-state index contributed by atoms with van der Waals surface area (Å²) in [5.41, 5.74) is 9.99. The minimum atomic E-state index is -0.108. The molecule has 0 unspecified atom stereocenters. The Balaban J connectivity index is 1.55. The van der Waals surface area contributed by atoms with Crippen LogP contribution in [0.4, 0.5) is 0 Å². The summed E-state index contributed by atoms with van der Waals surface area (Å²) in [4.78, 5) is 12.9. The number of hydrogen-bond acceptors (Lipinski definition) is 2. The van der Waals surface area contributed by atoms with Crippen LogP contribution in [0, 0.1) is 5.41 Å². The lowest BCUT2D eigenvalue weighted by atomic mass is 10.1. The summed E-state index contributed by atoms with van der Waals surface area (Å²) >= 11 is 0. The first-order chi connectivity index (χ1) is 14.1. The maximum Gasteiger partial charge on any atom is 0.253 e. The number of nitrogen functional groups attached to an aromatic ring is 1. The molecular weight excluding hydrogens is 360 g/mol. The highest BCUT2D eigenvalue weighted by atomic mass is 16.1. The van der Waals surface area contributed by atoms with E-state index in [1.54, 1.807) is 12.1 Å². The highest BCUT2D eigenvalue weighted by Gasteiger charge is 2.15. The molecule has 0 fully saturated rings. The summed E-state index contributed by atoms with van der Waals surface area (Å²) in [5.74, 6) is -0.0736. The SMILES string of the molecule is N=C(N)c1ccc(CNC(=O)c2cn(Cc3ccccc3)c3ccccc23)cc1. The van der Waals surface area contributed by atoms with Gasteiger partial charge in [-0.25, -0.2) is 0 Å². The Morgan fingerprint density at radius 3 is 2.31 bits per heavy atom. The molecule has 4 N–H and O–H groups in total. The highest BCUT2D eigenvalue weighted by molar-refractivity contribution is 6.07. The molecule has 4 aromatic rings. The van der Waals surface area contributed by atoms with Crippen LogP contribution in [-0.2, 0) is 13.1 Å². The third-order valence-electron chi connectivity index (χ3n) is 4.95. The predicted molar refractivity (Wildman–Crippen MR) is 116 cm³/mol. The van der Waals surface area contributed by atoms with Gasteiger partial charge in [-0.05, 0) is 17.2 Å². The third-order valence-corrected chi connectivity index (χ3v) is 4.95. The van der Waals surface area contributed by atoms with Crippen LogP contribution in [0.15, 0.2) is 85.1 Å². The van der Waals surface area contributed by atoms with Gasteiger partial charge in [0.15, 0.2) is 0 Å². The standard InChI is InChI=1S/C24H22N4O/c25-23(26)19-12-10-17(11-13-19)14-27-24(29)21-16-28(15-18-6-2-1-3-7-18)22-9-5-4-8-20(21)22/h1-13,16H,14-15H2,(H3,25,26)(H,27,29). The number of benzene rings is 3. The van der Waals surface area contributed by atoms with Gasteiger partial charge in [-0.1, -0.05) is 72.8 Å². The fourth-order valence-corrected chi connectivity index (χ4v) is 3.42. The van der Waals surface area contributed by atoms with Crippen LogP contribution in [0.25, 0.3) is 10.9 Å². The van der Waals surface area contributed by atoms with Crippen molar-refractivity contribution in [2.75, 3.05) is 0 Å². The van der Waals surface area contributed by atoms with E-state index in [9.17, 15) is 4.79 Å². The first kappa shape index (κ1) is 18.5. The maximum atomic E-state index is 12.9. The molecule has 1 heterocycles. The van der Waals surface area contributed by atoms with Gasteiger partial charge < -0.3 is 15.6 Å². The molecule has 0 aliphatic heterocycles. The largest absolute Gasteiger partial charge is 0.384 e. The second kappa shape index (κ2) is 8.02. The van der Waals surface area contributed by atoms with Crippen molar-refractivity contribution in [3.8, 4) is 0 Å². The van der Waals surface area contributed by atoms with Gasteiger partial charge in [-0.15, -0.1) is 0 Å². The molecule has 3 aromatic carbocycles. The van der Waals surface area contributed by atoms with Crippen molar-refractivity contribution in [3.05, 3.63) is 107 Å². The Morgan fingerprint density at radius 1 is 0.897 bits per heavy atom. The Morgan fingerprint density at radius 2 is 1.59 bits per heavy atom. The van der Waals surface area contributed by atoms with Gasteiger partial charge in [-0.3, -0.25) is 10.2 Å². The van der Waals surface area contributed by atoms with Crippen LogP contribution in [-0.4, -0.2) is 16.3 Å². The lowest BCUT2D eigenvalue weighted by molar-refractivity contribution is 0.0952. The van der Waals surface area contributed by atoms with E-state index in [4.69, 9.17) is 11.1 Å². The first-order valence-corrected chi connectivity index (χ1v) is 9.45. The number of hydrogen-bond donors (Lipinski definition) is 3. The lowest BCUT2D eigenvalue weighted by Crippen LogP contribution is -2.22. The number of para-hydroxylation sites is 1. The molecule has 5 heteroatoms. The van der Waals surface area contributed by atoms with E-state index in [0.717, 1.165) is 16.5 Å². The van der Waals surface area contributed by atoms with Gasteiger partial charge in [0.2, 0.25) is 0 Å². The normalized spacial score (nSPS) is 10.8. The van der Waals surface area contributed by atoms with Crippen LogP contribution in [0.1, 0.15) is 27.0 Å². The molecule has 144 valence electrons. The monoisotopic (exact) mass is 382 g/mol. The number of rotatable bonds is 6. The zero-order valence-electron chi connectivity index (χ0n) is 15.9. The van der Waals surface area contributed by atoms with Gasteiger partial charge in [-0.2, -0.15) is 0 Å². The van der Waals surface area contributed by atoms with Gasteiger partial charge in [0, 0.05) is 35.8 Å². The van der Waals surface area contributed by atoms with E-state index >= 15 is 0 Å². The quantitative estimate of drug-likeness (QED) is 0.349. The van der Waals surface area contributed by atoms with E-state index in [1.807, 2.05) is 60.8 Å². The Kier molecular flexibility index (Phi) is 5.12. The van der Waals surface area contributed by atoms with Crippen molar-refractivity contribution in [1.29, 1.82) is 5.41 Å². The van der Waals surface area contributed by atoms with E-state index in [1.165, 1.54) is 5.56 Å². The molecule has 5 nitrogen and oxygen atoms in total. The maximum absolute atomic E-state index is 12.9. The van der Waals surface area contributed by atoms with Crippen molar-refractivity contribution < 1.29 is 4.79 Å². The topological polar surface area (TPSA) is 83.9 Å². The molecule has 1 aromatic heterocycles. The van der Waals surface area contributed by atoms with Crippen molar-refractivity contribution in [2.24, 2.45) is 5.73 Å². The molecule has 0 saturated heterocycles. The summed E-state index contributed by atoms with van der Waals surface area (Å²) in [6, 6.07) is 25.5. The van der Waals surface area contributed by atoms with Crippen LogP contribution in [0.2, 0.25) is 0 Å². The number of aromatic nitrogens is 1. The second-order valence-electron chi connectivity index (χ2n) is 6.97. The van der Waals surface area contributed by atoms with Crippen molar-refractivity contribution >= 4 is 22.6 Å². The fourth-order valence-electron chi connectivity index (χ4n) is 3.42. The minimum Gasteiger partial charge on any atom is -0.384 e. The number of nitrogens with one attached hydrogen (secondary N) is 2. The average molecular weight is 382 g/mol. The number of amides is 1. The van der Waals surface area contributed by atoms with Gasteiger partial charge in [0.1, 0.15) is 5.84 Å². The molecule has 0 radical (unpaired) electrons. The molecule has 0 spiro atoms. The number of carbonyl (C=O) groups is 1. The van der Waals surface area contributed by atoms with Gasteiger partial charge >= 0.3 is 0 Å². The predicted octanol–water partition coefficient (Wildman–Crippen LogP) is 3.90. The lowest BCUT2D eigenvalue weighted by Gasteiger charge is -2.06. The van der Waals surface area contributed by atoms with Gasteiger partial charge in [0.05, 0.1) is 5.56 Å². The average Bonchev–Trinajstić information content (AvgIpc) is 3.12. The summed E-state index contributed by atoms with van der Waals surface area (Å²) in [6.07, 6.45) is 1.92. The minimum absolute atomic E-state index is 0.0341. The molecule has 0 aliphatic rings. The van der Waals surface area contributed by atoms with E-state index < -0.39 is 0 Å². The number of carbonyl (C=O) groups excluding carboxylic acids is 1. The molecule has 1 amide bonds. The molecule has 0 bridgehead atoms. The summed E-state index contributed by atoms with van der Waals surface area (Å²) in [6.45, 7) is 1.12. The smallest absolute Gasteiger partial charge is 0.253 e. The Labute approximate surface area is 169 Å². The molecule has 0 aliphatic carbocycles.